The van der Waals surface area contributed by atoms with E-state index in [9.17, 15) is 9.90 Å². The number of hydrogen-bond donors (Lipinski definition) is 4. The molecule has 0 fully saturated rings. The Bertz CT molecular complexity index is 1010. The lowest BCUT2D eigenvalue weighted by Gasteiger charge is -2.10. The van der Waals surface area contributed by atoms with E-state index in [-0.39, 0.29) is 23.1 Å². The molecule has 1 atom stereocenters. The van der Waals surface area contributed by atoms with Gasteiger partial charge in [-0.25, -0.2) is 9.97 Å². The minimum Gasteiger partial charge on any atom is -0.397 e. The summed E-state index contributed by atoms with van der Waals surface area (Å²) < 4.78 is 0. The standard InChI is InChI=1S/C16H15Cl2N5O2S/c1-6(24)5-21-16-22-12(7-2-3-8(17)9(18)4-7)10-11(19)13(14(20)25)26-15(10)23-16/h2-4,6,24H,5,19H2,1H3,(H2,20,25)(H,21,22,23)/t6-/m1/s1. The number of amides is 1. The average Bonchev–Trinajstić information content (AvgIpc) is 2.92. The molecule has 10 heteroatoms. The third-order valence-corrected chi connectivity index (χ3v) is 5.41. The van der Waals surface area contributed by atoms with E-state index in [1.54, 1.807) is 25.1 Å². The molecule has 2 heterocycles. The SMILES string of the molecule is C[C@@H](O)CNc1nc(-c2ccc(Cl)c(Cl)c2)c2c(N)c(C(N)=O)sc2n1. The van der Waals surface area contributed by atoms with Crippen LogP contribution in [0.3, 0.4) is 0 Å². The van der Waals surface area contributed by atoms with E-state index in [0.717, 1.165) is 11.3 Å². The average molecular weight is 412 g/mol. The van der Waals surface area contributed by atoms with Crippen molar-refractivity contribution in [3.8, 4) is 11.3 Å². The number of rotatable bonds is 5. The van der Waals surface area contributed by atoms with Crippen molar-refractivity contribution in [1.29, 1.82) is 0 Å². The van der Waals surface area contributed by atoms with E-state index >= 15 is 0 Å². The van der Waals surface area contributed by atoms with Crippen molar-refractivity contribution in [2.75, 3.05) is 17.6 Å². The number of benzene rings is 1. The second-order valence-corrected chi connectivity index (χ2v) is 7.46. The maximum atomic E-state index is 11.7. The van der Waals surface area contributed by atoms with Crippen molar-refractivity contribution in [1.82, 2.24) is 9.97 Å². The predicted molar refractivity (Wildman–Crippen MR) is 106 cm³/mol. The molecule has 6 N–H and O–H groups in total. The number of aliphatic hydroxyl groups excluding tert-OH is 1. The molecule has 1 amide bonds. The first-order chi connectivity index (χ1) is 12.3. The predicted octanol–water partition coefficient (Wildman–Crippen LogP) is 3.14. The van der Waals surface area contributed by atoms with Gasteiger partial charge in [-0.2, -0.15) is 0 Å². The second-order valence-electron chi connectivity index (χ2n) is 5.64. The largest absolute Gasteiger partial charge is 0.397 e. The van der Waals surface area contributed by atoms with Crippen molar-refractivity contribution >= 4 is 62.3 Å². The third kappa shape index (κ3) is 3.54. The van der Waals surface area contributed by atoms with Crippen molar-refractivity contribution in [3.63, 3.8) is 0 Å². The van der Waals surface area contributed by atoms with Gasteiger partial charge >= 0.3 is 0 Å². The van der Waals surface area contributed by atoms with Gasteiger partial charge in [-0.15, -0.1) is 11.3 Å². The normalized spacial score (nSPS) is 12.3. The van der Waals surface area contributed by atoms with Crippen molar-refractivity contribution in [3.05, 3.63) is 33.1 Å². The monoisotopic (exact) mass is 411 g/mol. The molecule has 0 saturated carbocycles. The van der Waals surface area contributed by atoms with Crippen LogP contribution in [0.2, 0.25) is 10.0 Å². The van der Waals surface area contributed by atoms with Gasteiger partial charge in [0.05, 0.1) is 32.9 Å². The van der Waals surface area contributed by atoms with E-state index in [0.29, 0.717) is 31.5 Å². The van der Waals surface area contributed by atoms with Gasteiger partial charge in [0, 0.05) is 12.1 Å². The Morgan fingerprint density at radius 2 is 2.08 bits per heavy atom. The van der Waals surface area contributed by atoms with E-state index in [4.69, 9.17) is 34.7 Å². The summed E-state index contributed by atoms with van der Waals surface area (Å²) in [6.45, 7) is 1.90. The molecule has 0 aliphatic heterocycles. The first-order valence-electron chi connectivity index (χ1n) is 7.55. The molecule has 0 spiro atoms. The Balaban J connectivity index is 2.25. The van der Waals surface area contributed by atoms with Gasteiger partial charge in [-0.1, -0.05) is 29.3 Å². The maximum Gasteiger partial charge on any atom is 0.260 e. The van der Waals surface area contributed by atoms with Crippen molar-refractivity contribution in [2.45, 2.75) is 13.0 Å². The van der Waals surface area contributed by atoms with Crippen LogP contribution in [0, 0.1) is 0 Å². The molecule has 0 unspecified atom stereocenters. The Labute approximate surface area is 163 Å². The third-order valence-electron chi connectivity index (χ3n) is 3.56. The molecular weight excluding hydrogens is 397 g/mol. The summed E-state index contributed by atoms with van der Waals surface area (Å²) >= 11 is 13.2. The van der Waals surface area contributed by atoms with Crippen LogP contribution < -0.4 is 16.8 Å². The van der Waals surface area contributed by atoms with E-state index in [2.05, 4.69) is 15.3 Å². The first-order valence-corrected chi connectivity index (χ1v) is 9.12. The molecule has 136 valence electrons. The van der Waals surface area contributed by atoms with E-state index in [1.807, 2.05) is 0 Å². The smallest absolute Gasteiger partial charge is 0.260 e. The number of thiophene rings is 1. The number of halogens is 2. The highest BCUT2D eigenvalue weighted by Crippen LogP contribution is 2.40. The van der Waals surface area contributed by atoms with Crippen LogP contribution in [-0.2, 0) is 0 Å². The zero-order chi connectivity index (χ0) is 19.0. The second kappa shape index (κ2) is 7.24. The fraction of sp³-hybridized carbons (Fsp3) is 0.188. The van der Waals surface area contributed by atoms with Gasteiger partial charge < -0.3 is 21.9 Å². The van der Waals surface area contributed by atoms with Gasteiger partial charge in [0.15, 0.2) is 0 Å². The number of aromatic nitrogens is 2. The van der Waals surface area contributed by atoms with Gasteiger partial charge in [0.2, 0.25) is 5.95 Å². The summed E-state index contributed by atoms with van der Waals surface area (Å²) in [5.74, 6) is -0.346. The molecule has 2 aromatic heterocycles. The molecule has 0 bridgehead atoms. The molecule has 26 heavy (non-hydrogen) atoms. The number of hydrogen-bond acceptors (Lipinski definition) is 7. The Morgan fingerprint density at radius 3 is 2.69 bits per heavy atom. The highest BCUT2D eigenvalue weighted by atomic mass is 35.5. The van der Waals surface area contributed by atoms with Crippen LogP contribution in [0.25, 0.3) is 21.5 Å². The summed E-state index contributed by atoms with van der Waals surface area (Å²) in [5, 5.41) is 13.7. The van der Waals surface area contributed by atoms with Crippen LogP contribution in [0.15, 0.2) is 18.2 Å². The highest BCUT2D eigenvalue weighted by molar-refractivity contribution is 7.21. The first kappa shape index (κ1) is 18.7. The number of nitrogen functional groups attached to an aromatic ring is 1. The van der Waals surface area contributed by atoms with Gasteiger partial charge in [-0.05, 0) is 19.1 Å². The van der Waals surface area contributed by atoms with Crippen LogP contribution >= 0.6 is 34.5 Å². The summed E-state index contributed by atoms with van der Waals surface area (Å²) in [6.07, 6.45) is -0.586. The molecule has 3 rings (SSSR count). The number of nitrogens with zero attached hydrogens (tertiary/aromatic N) is 2. The number of nitrogens with one attached hydrogen (secondary N) is 1. The lowest BCUT2D eigenvalue weighted by atomic mass is 10.1. The Morgan fingerprint density at radius 1 is 1.35 bits per heavy atom. The summed E-state index contributed by atoms with van der Waals surface area (Å²) in [4.78, 5) is 21.2. The maximum absolute atomic E-state index is 11.7. The molecule has 0 aliphatic carbocycles. The zero-order valence-corrected chi connectivity index (χ0v) is 15.9. The summed E-state index contributed by atoms with van der Waals surface area (Å²) in [5.41, 5.74) is 12.9. The lowest BCUT2D eigenvalue weighted by molar-refractivity contribution is 0.100. The molecule has 3 aromatic rings. The van der Waals surface area contributed by atoms with Crippen LogP contribution in [-0.4, -0.2) is 33.6 Å². The summed E-state index contributed by atoms with van der Waals surface area (Å²) in [7, 11) is 0. The number of fused-ring (bicyclic) bond motifs is 1. The fourth-order valence-corrected chi connectivity index (χ4v) is 3.62. The molecular formula is C16H15Cl2N5O2S. The molecule has 0 saturated heterocycles. The van der Waals surface area contributed by atoms with Crippen LogP contribution in [0.4, 0.5) is 11.6 Å². The minimum absolute atomic E-state index is 0.211. The highest BCUT2D eigenvalue weighted by Gasteiger charge is 2.21. The lowest BCUT2D eigenvalue weighted by Crippen LogP contribution is -2.17. The quantitative estimate of drug-likeness (QED) is 0.510. The van der Waals surface area contributed by atoms with Crippen LogP contribution in [0.1, 0.15) is 16.6 Å². The van der Waals surface area contributed by atoms with Crippen molar-refractivity contribution in [2.24, 2.45) is 5.73 Å². The van der Waals surface area contributed by atoms with Gasteiger partial charge in [-0.3, -0.25) is 4.79 Å². The number of anilines is 2. The topological polar surface area (TPSA) is 127 Å². The fourth-order valence-electron chi connectivity index (χ4n) is 2.38. The molecule has 7 nitrogen and oxygen atoms in total. The number of aliphatic hydroxyl groups is 1. The van der Waals surface area contributed by atoms with E-state index < -0.39 is 12.0 Å². The molecule has 1 aromatic carbocycles. The van der Waals surface area contributed by atoms with Crippen molar-refractivity contribution < 1.29 is 9.90 Å². The number of nitrogens with two attached hydrogens (primary N) is 2. The van der Waals surface area contributed by atoms with E-state index in [1.165, 1.54) is 0 Å². The number of carbonyl (C=O) groups excluding carboxylic acids is 1. The zero-order valence-electron chi connectivity index (χ0n) is 13.6. The number of primary amides is 1. The Hall–Kier alpha value is -2.13. The van der Waals surface area contributed by atoms with Gasteiger partial charge in [0.25, 0.3) is 5.91 Å². The molecule has 0 radical (unpaired) electrons. The summed E-state index contributed by atoms with van der Waals surface area (Å²) in [6, 6.07) is 5.05. The Kier molecular flexibility index (Phi) is 5.19. The number of carbonyl (C=O) groups is 1. The molecule has 0 aliphatic rings. The minimum atomic E-state index is -0.635. The van der Waals surface area contributed by atoms with Gasteiger partial charge in [0.1, 0.15) is 9.71 Å². The van der Waals surface area contributed by atoms with Crippen LogP contribution in [0.5, 0.6) is 0 Å².